The van der Waals surface area contributed by atoms with Gasteiger partial charge in [0.1, 0.15) is 0 Å². The predicted molar refractivity (Wildman–Crippen MR) is 143 cm³/mol. The van der Waals surface area contributed by atoms with Gasteiger partial charge in [-0.3, -0.25) is 9.78 Å². The van der Waals surface area contributed by atoms with Gasteiger partial charge in [0.05, 0.1) is 11.3 Å². The molecule has 0 saturated heterocycles. The Balaban J connectivity index is 0.000000338. The van der Waals surface area contributed by atoms with Crippen molar-refractivity contribution in [3.63, 3.8) is 0 Å². The molecule has 0 bridgehead atoms. The molecule has 1 fully saturated rings. The van der Waals surface area contributed by atoms with E-state index in [0.717, 1.165) is 22.7 Å². The Morgan fingerprint density at radius 2 is 1.72 bits per heavy atom. The molecular weight excluding hydrogens is 623 g/mol. The zero-order chi connectivity index (χ0) is 24.7. The topological polar surface area (TPSA) is 50.2 Å². The molecule has 2 aliphatic carbocycles. The van der Waals surface area contributed by atoms with Gasteiger partial charge in [-0.15, -0.1) is 35.9 Å². The number of rotatable bonds is 3. The minimum absolute atomic E-state index is 0. The summed E-state index contributed by atoms with van der Waals surface area (Å²) in [5.41, 5.74) is 10.4. The van der Waals surface area contributed by atoms with Crippen molar-refractivity contribution in [3.8, 4) is 22.4 Å². The predicted octanol–water partition coefficient (Wildman–Crippen LogP) is 7.92. The smallest absolute Gasteiger partial charge is 0.155 e. The molecule has 3 nitrogen and oxygen atoms in total. The second-order valence-corrected chi connectivity index (χ2v) is 10.1. The molecule has 3 aromatic carbocycles. The fourth-order valence-electron chi connectivity index (χ4n) is 5.47. The number of fused-ring (bicyclic) bond motifs is 5. The van der Waals surface area contributed by atoms with Crippen LogP contribution in [0.3, 0.4) is 0 Å². The summed E-state index contributed by atoms with van der Waals surface area (Å²) in [4.78, 5) is 15.2. The Labute approximate surface area is 226 Å². The second-order valence-electron chi connectivity index (χ2n) is 10.1. The van der Waals surface area contributed by atoms with Gasteiger partial charge in [0.25, 0.3) is 0 Å². The fraction of sp³-hybridized carbons (Fsp3) is 0.250. The average Bonchev–Trinajstić information content (AvgIpc) is 3.64. The molecule has 1 aromatic heterocycles. The second kappa shape index (κ2) is 10.1. The maximum Gasteiger partial charge on any atom is 0.155 e. The average molecular weight is 653 g/mol. The molecule has 36 heavy (non-hydrogen) atoms. The van der Waals surface area contributed by atoms with Crippen molar-refractivity contribution in [3.05, 3.63) is 101 Å². The standard InChI is InChI=1S/C27H22N.C5H8O2.Ir/c1-27(2)24-19(17-15-16-17)12-8-13-21(24)23-20-11-6-7-14-22(20)28-26(25(23)27)18-9-4-3-5-10-18;1-4(6)3-5(2)7;/h3-9,11-14,17H,15-16H2,1-2H3;3,6H,1-2H3;/q-1;;/b;4-3-;. The molecule has 6 rings (SSSR count). The number of aliphatic hydroxyl groups is 1. The van der Waals surface area contributed by atoms with E-state index in [-0.39, 0.29) is 37.1 Å². The Kier molecular flexibility index (Phi) is 7.31. The van der Waals surface area contributed by atoms with Crippen molar-refractivity contribution in [2.45, 2.75) is 51.9 Å². The number of pyridine rings is 1. The molecule has 185 valence electrons. The van der Waals surface area contributed by atoms with Crippen LogP contribution in [0.25, 0.3) is 33.3 Å². The third kappa shape index (κ3) is 4.68. The van der Waals surface area contributed by atoms with Gasteiger partial charge >= 0.3 is 0 Å². The van der Waals surface area contributed by atoms with E-state index >= 15 is 0 Å². The van der Waals surface area contributed by atoms with Gasteiger partial charge in [0.2, 0.25) is 0 Å². The monoisotopic (exact) mass is 653 g/mol. The van der Waals surface area contributed by atoms with Crippen LogP contribution >= 0.6 is 0 Å². The quantitative estimate of drug-likeness (QED) is 0.139. The Morgan fingerprint density at radius 1 is 1.00 bits per heavy atom. The minimum atomic E-state index is -0.125. The fourth-order valence-corrected chi connectivity index (χ4v) is 5.47. The third-order valence-corrected chi connectivity index (χ3v) is 6.90. The number of hydrogen-bond donors (Lipinski definition) is 1. The first-order valence-electron chi connectivity index (χ1n) is 12.2. The molecule has 2 aliphatic rings. The maximum absolute atomic E-state index is 10.0. The first-order valence-corrected chi connectivity index (χ1v) is 12.2. The van der Waals surface area contributed by atoms with Crippen LogP contribution in [0.2, 0.25) is 0 Å². The summed E-state index contributed by atoms with van der Waals surface area (Å²) in [6, 6.07) is 27.2. The van der Waals surface area contributed by atoms with E-state index in [4.69, 9.17) is 10.1 Å². The van der Waals surface area contributed by atoms with Gasteiger partial charge in [-0.1, -0.05) is 50.2 Å². The summed E-state index contributed by atoms with van der Waals surface area (Å²) in [5, 5.41) is 9.62. The largest absolute Gasteiger partial charge is 0.512 e. The van der Waals surface area contributed by atoms with Crippen molar-refractivity contribution in [2.75, 3.05) is 0 Å². The molecule has 1 N–H and O–H groups in total. The number of benzene rings is 3. The van der Waals surface area contributed by atoms with Crippen molar-refractivity contribution in [1.82, 2.24) is 4.98 Å². The SMILES string of the molecule is CC(=O)/C=C(/C)O.CC1(C)c2c(cccc2C2CC2)-c2c1c(-c1[c-]cccc1)nc1ccccc21.[Ir]. The zero-order valence-corrected chi connectivity index (χ0v) is 23.5. The van der Waals surface area contributed by atoms with Crippen LogP contribution in [-0.2, 0) is 30.3 Å². The number of aromatic nitrogens is 1. The van der Waals surface area contributed by atoms with Crippen LogP contribution in [-0.4, -0.2) is 15.9 Å². The number of hydrogen-bond acceptors (Lipinski definition) is 3. The van der Waals surface area contributed by atoms with Crippen LogP contribution in [0.1, 0.15) is 63.1 Å². The van der Waals surface area contributed by atoms with E-state index in [1.165, 1.54) is 60.4 Å². The summed E-state index contributed by atoms with van der Waals surface area (Å²) in [7, 11) is 0. The summed E-state index contributed by atoms with van der Waals surface area (Å²) in [6.45, 7) is 7.61. The van der Waals surface area contributed by atoms with Crippen LogP contribution < -0.4 is 0 Å². The minimum Gasteiger partial charge on any atom is -0.512 e. The van der Waals surface area contributed by atoms with E-state index in [0.29, 0.717) is 0 Å². The van der Waals surface area contributed by atoms with E-state index in [2.05, 4.69) is 74.5 Å². The van der Waals surface area contributed by atoms with Crippen molar-refractivity contribution in [2.24, 2.45) is 0 Å². The van der Waals surface area contributed by atoms with Crippen molar-refractivity contribution < 1.29 is 30.0 Å². The molecule has 1 heterocycles. The summed E-state index contributed by atoms with van der Waals surface area (Å²) in [6.07, 6.45) is 3.81. The number of carbonyl (C=O) groups is 1. The molecule has 1 radical (unpaired) electrons. The number of nitrogens with zero attached hydrogens (tertiary/aromatic N) is 1. The molecule has 4 heteroatoms. The third-order valence-electron chi connectivity index (χ3n) is 6.90. The van der Waals surface area contributed by atoms with Crippen LogP contribution in [0, 0.1) is 6.07 Å². The van der Waals surface area contributed by atoms with Gasteiger partial charge in [0, 0.05) is 37.0 Å². The van der Waals surface area contributed by atoms with E-state index in [9.17, 15) is 4.79 Å². The molecule has 0 spiro atoms. The molecule has 0 atom stereocenters. The molecule has 0 amide bonds. The molecule has 0 unspecified atom stereocenters. The van der Waals surface area contributed by atoms with Gasteiger partial charge in [-0.2, -0.15) is 0 Å². The normalized spacial score (nSPS) is 15.3. The first-order chi connectivity index (χ1) is 16.8. The van der Waals surface area contributed by atoms with Crippen LogP contribution in [0.15, 0.2) is 78.6 Å². The van der Waals surface area contributed by atoms with E-state index < -0.39 is 0 Å². The first kappa shape index (κ1) is 26.0. The van der Waals surface area contributed by atoms with Crippen LogP contribution in [0.5, 0.6) is 0 Å². The number of para-hydroxylation sites is 1. The van der Waals surface area contributed by atoms with Crippen molar-refractivity contribution >= 4 is 16.7 Å². The van der Waals surface area contributed by atoms with E-state index in [1.807, 2.05) is 12.1 Å². The van der Waals surface area contributed by atoms with Gasteiger partial charge in [-0.05, 0) is 72.2 Å². The van der Waals surface area contributed by atoms with Crippen molar-refractivity contribution in [1.29, 1.82) is 0 Å². The maximum atomic E-state index is 10.0. The summed E-state index contributed by atoms with van der Waals surface area (Å²) in [5.74, 6) is 0.669. The summed E-state index contributed by atoms with van der Waals surface area (Å²) < 4.78 is 0. The molecule has 0 aliphatic heterocycles. The number of aliphatic hydroxyl groups excluding tert-OH is 1. The van der Waals surface area contributed by atoms with Gasteiger partial charge < -0.3 is 5.11 Å². The Morgan fingerprint density at radius 3 is 2.33 bits per heavy atom. The molecule has 1 saturated carbocycles. The number of allylic oxidation sites excluding steroid dienone is 2. The zero-order valence-electron chi connectivity index (χ0n) is 21.1. The van der Waals surface area contributed by atoms with E-state index in [1.54, 1.807) is 5.56 Å². The van der Waals surface area contributed by atoms with Gasteiger partial charge in [-0.25, -0.2) is 0 Å². The Hall–Kier alpha value is -3.07. The molecule has 4 aromatic rings. The molecular formula is C32H30IrNO2-. The number of ketones is 1. The Bertz CT molecular complexity index is 1460. The van der Waals surface area contributed by atoms with Crippen LogP contribution in [0.4, 0.5) is 0 Å². The van der Waals surface area contributed by atoms with Gasteiger partial charge in [0.15, 0.2) is 5.78 Å². The summed E-state index contributed by atoms with van der Waals surface area (Å²) >= 11 is 0. The number of carbonyl (C=O) groups excluding carboxylic acids is 1.